The van der Waals surface area contributed by atoms with E-state index in [1.165, 1.54) is 12.1 Å². The number of thioether (sulfide) groups is 1. The van der Waals surface area contributed by atoms with E-state index in [2.05, 4.69) is 24.4 Å². The molecule has 0 amide bonds. The number of thiophene rings is 1. The number of oxime groups is 1. The van der Waals surface area contributed by atoms with Gasteiger partial charge in [0.25, 0.3) is 0 Å². The molecule has 3 nitrogen and oxygen atoms in total. The summed E-state index contributed by atoms with van der Waals surface area (Å²) in [6.07, 6.45) is -1.02. The maximum atomic E-state index is 12.8. The number of hydrogen-bond donors (Lipinski definition) is 0. The van der Waals surface area contributed by atoms with Crippen LogP contribution in [-0.4, -0.2) is 17.9 Å². The molecule has 0 N–H and O–H groups in total. The Hall–Kier alpha value is -1.80. The fourth-order valence-corrected chi connectivity index (χ4v) is 4.93. The van der Waals surface area contributed by atoms with Gasteiger partial charge in [0.1, 0.15) is 0 Å². The van der Waals surface area contributed by atoms with Crippen LogP contribution in [0, 0.1) is 5.41 Å². The molecule has 0 saturated heterocycles. The Morgan fingerprint density at radius 3 is 2.70 bits per heavy atom. The predicted octanol–water partition coefficient (Wildman–Crippen LogP) is 6.02. The number of carbonyl (C=O) groups is 1. The Morgan fingerprint density at radius 2 is 2.04 bits per heavy atom. The fourth-order valence-electron chi connectivity index (χ4n) is 3.13. The summed E-state index contributed by atoms with van der Waals surface area (Å²) in [4.78, 5) is 17.3. The van der Waals surface area contributed by atoms with Gasteiger partial charge in [0.15, 0.2) is 0 Å². The maximum absolute atomic E-state index is 12.8. The molecule has 0 fully saturated rings. The molecular weight excluding hydrogens is 395 g/mol. The van der Waals surface area contributed by atoms with Crippen LogP contribution in [0.15, 0.2) is 39.0 Å². The Kier molecular flexibility index (Phi) is 5.40. The molecule has 2 aromatic rings. The molecule has 1 aromatic carbocycles. The first-order valence-electron chi connectivity index (χ1n) is 8.21. The lowest BCUT2D eigenvalue weighted by Gasteiger charge is -2.30. The Morgan fingerprint density at radius 1 is 1.30 bits per heavy atom. The number of hydrogen-bond acceptors (Lipinski definition) is 5. The second kappa shape index (κ2) is 7.31. The summed E-state index contributed by atoms with van der Waals surface area (Å²) in [6.45, 7) is 4.22. The van der Waals surface area contributed by atoms with Gasteiger partial charge in [-0.25, -0.2) is 4.79 Å². The third-order valence-corrected chi connectivity index (χ3v) is 6.47. The van der Waals surface area contributed by atoms with E-state index < -0.39 is 17.7 Å². The second-order valence-electron chi connectivity index (χ2n) is 7.14. The Labute approximate surface area is 163 Å². The summed E-state index contributed by atoms with van der Waals surface area (Å²) in [5, 5.41) is 6.14. The van der Waals surface area contributed by atoms with Gasteiger partial charge in [-0.3, -0.25) is 0 Å². The molecule has 0 unspecified atom stereocenters. The second-order valence-corrected chi connectivity index (χ2v) is 9.10. The molecule has 0 bridgehead atoms. The van der Waals surface area contributed by atoms with Crippen LogP contribution < -0.4 is 0 Å². The zero-order valence-electron chi connectivity index (χ0n) is 15.0. The van der Waals surface area contributed by atoms with Crippen LogP contribution in [0.3, 0.4) is 0 Å². The van der Waals surface area contributed by atoms with Crippen molar-refractivity contribution in [2.24, 2.45) is 10.6 Å². The lowest BCUT2D eigenvalue weighted by Crippen LogP contribution is -2.27. The molecule has 8 heteroatoms. The van der Waals surface area contributed by atoms with E-state index >= 15 is 0 Å². The molecule has 1 aromatic heterocycles. The number of halogens is 3. The summed E-state index contributed by atoms with van der Waals surface area (Å²) >= 11 is 3.22. The van der Waals surface area contributed by atoms with Crippen molar-refractivity contribution < 1.29 is 22.8 Å². The topological polar surface area (TPSA) is 38.7 Å². The van der Waals surface area contributed by atoms with Crippen molar-refractivity contribution in [1.82, 2.24) is 0 Å². The molecule has 0 aliphatic heterocycles. The molecule has 1 heterocycles. The van der Waals surface area contributed by atoms with Crippen LogP contribution in [0.4, 0.5) is 13.2 Å². The highest BCUT2D eigenvalue weighted by atomic mass is 32.2. The van der Waals surface area contributed by atoms with Gasteiger partial charge in [0.2, 0.25) is 0 Å². The van der Waals surface area contributed by atoms with E-state index in [1.807, 2.05) is 6.26 Å². The van der Waals surface area contributed by atoms with Gasteiger partial charge in [0.05, 0.1) is 21.0 Å². The van der Waals surface area contributed by atoms with E-state index in [1.54, 1.807) is 23.1 Å². The van der Waals surface area contributed by atoms with E-state index in [0.717, 1.165) is 33.9 Å². The van der Waals surface area contributed by atoms with Crippen LogP contribution in [0.5, 0.6) is 0 Å². The van der Waals surface area contributed by atoms with Crippen molar-refractivity contribution in [2.45, 2.75) is 37.1 Å². The van der Waals surface area contributed by atoms with Crippen LogP contribution in [-0.2, 0) is 17.4 Å². The van der Waals surface area contributed by atoms with Gasteiger partial charge in [0, 0.05) is 5.56 Å². The number of rotatable bonds is 3. The highest BCUT2D eigenvalue weighted by Gasteiger charge is 2.33. The average Bonchev–Trinajstić information content (AvgIpc) is 3.00. The van der Waals surface area contributed by atoms with E-state index in [0.29, 0.717) is 12.1 Å². The predicted molar refractivity (Wildman–Crippen MR) is 102 cm³/mol. The molecule has 0 spiro atoms. The molecule has 0 atom stereocenters. The highest BCUT2D eigenvalue weighted by Crippen LogP contribution is 2.42. The van der Waals surface area contributed by atoms with Crippen LogP contribution in [0.1, 0.15) is 47.3 Å². The molecule has 0 radical (unpaired) electrons. The van der Waals surface area contributed by atoms with Gasteiger partial charge >= 0.3 is 12.1 Å². The van der Waals surface area contributed by atoms with Crippen molar-refractivity contribution in [3.05, 3.63) is 51.9 Å². The quantitative estimate of drug-likeness (QED) is 0.351. The zero-order chi connectivity index (χ0) is 19.8. The number of benzene rings is 1. The van der Waals surface area contributed by atoms with Crippen molar-refractivity contribution >= 4 is 34.8 Å². The summed E-state index contributed by atoms with van der Waals surface area (Å²) in [7, 11) is 0. The number of alkyl halides is 3. The number of carbonyl (C=O) groups excluding carboxylic acids is 1. The smallest absolute Gasteiger partial charge is 0.313 e. The third-order valence-electron chi connectivity index (χ3n) is 4.29. The van der Waals surface area contributed by atoms with Gasteiger partial charge in [-0.05, 0) is 53.7 Å². The molecule has 1 aliphatic rings. The average molecular weight is 413 g/mol. The Bertz CT molecular complexity index is 901. The van der Waals surface area contributed by atoms with Crippen LogP contribution >= 0.6 is 23.1 Å². The lowest BCUT2D eigenvalue weighted by atomic mass is 9.75. The Balaban J connectivity index is 1.88. The van der Waals surface area contributed by atoms with E-state index in [-0.39, 0.29) is 11.0 Å². The van der Waals surface area contributed by atoms with Crippen molar-refractivity contribution in [3.63, 3.8) is 0 Å². The normalized spacial score (nSPS) is 17.6. The molecule has 27 heavy (non-hydrogen) atoms. The molecule has 144 valence electrons. The van der Waals surface area contributed by atoms with Crippen molar-refractivity contribution in [3.8, 4) is 0 Å². The SMILES string of the molecule is CSc1scc2c1/C(=N\OC(=O)c1cccc(C(F)(F)F)c1)CC(C)(C)C2. The summed E-state index contributed by atoms with van der Waals surface area (Å²) in [6, 6.07) is 4.15. The first-order chi connectivity index (χ1) is 12.6. The van der Waals surface area contributed by atoms with Gasteiger partial charge in [-0.2, -0.15) is 13.2 Å². The first-order valence-corrected chi connectivity index (χ1v) is 10.3. The first kappa shape index (κ1) is 19.9. The van der Waals surface area contributed by atoms with Gasteiger partial charge < -0.3 is 4.84 Å². The minimum Gasteiger partial charge on any atom is -0.313 e. The zero-order valence-corrected chi connectivity index (χ0v) is 16.6. The van der Waals surface area contributed by atoms with E-state index in [4.69, 9.17) is 4.84 Å². The fraction of sp³-hybridized carbons (Fsp3) is 0.368. The highest BCUT2D eigenvalue weighted by molar-refractivity contribution is 8.00. The monoisotopic (exact) mass is 413 g/mol. The lowest BCUT2D eigenvalue weighted by molar-refractivity contribution is -0.137. The van der Waals surface area contributed by atoms with Gasteiger partial charge in [-0.1, -0.05) is 25.1 Å². The number of nitrogens with zero attached hydrogens (tertiary/aromatic N) is 1. The summed E-state index contributed by atoms with van der Waals surface area (Å²) in [5.74, 6) is -0.903. The van der Waals surface area contributed by atoms with Crippen LogP contribution in [0.25, 0.3) is 0 Å². The minimum atomic E-state index is -4.52. The molecular formula is C19H18F3NO2S2. The maximum Gasteiger partial charge on any atom is 0.416 e. The summed E-state index contributed by atoms with van der Waals surface area (Å²) in [5.41, 5.74) is 1.70. The molecule has 1 aliphatic carbocycles. The van der Waals surface area contributed by atoms with E-state index in [9.17, 15) is 18.0 Å². The number of fused-ring (bicyclic) bond motifs is 1. The third kappa shape index (κ3) is 4.38. The summed E-state index contributed by atoms with van der Waals surface area (Å²) < 4.78 is 39.6. The van der Waals surface area contributed by atoms with Gasteiger partial charge in [-0.15, -0.1) is 23.1 Å². The molecule has 0 saturated carbocycles. The largest absolute Gasteiger partial charge is 0.416 e. The minimum absolute atomic E-state index is 0.0365. The standard InChI is InChI=1S/C19H18F3NO2S2/c1-18(2)8-12-10-27-17(26-3)15(12)14(9-18)23-25-16(24)11-5-4-6-13(7-11)19(20,21)22/h4-7,10H,8-9H2,1-3H3/b23-14-. The van der Waals surface area contributed by atoms with Crippen molar-refractivity contribution in [1.29, 1.82) is 0 Å². The van der Waals surface area contributed by atoms with Crippen LogP contribution in [0.2, 0.25) is 0 Å². The van der Waals surface area contributed by atoms with Crippen molar-refractivity contribution in [2.75, 3.05) is 6.26 Å². The molecule has 3 rings (SSSR count).